The van der Waals surface area contributed by atoms with Crippen LogP contribution in [0.15, 0.2) is 237 Å². The van der Waals surface area contributed by atoms with Crippen LogP contribution in [-0.4, -0.2) is 19.1 Å². The van der Waals surface area contributed by atoms with Crippen LogP contribution in [0.1, 0.15) is 5.56 Å². The van der Waals surface area contributed by atoms with Crippen LogP contribution in [0.4, 0.5) is 0 Å². The maximum Gasteiger partial charge on any atom is 0.235 e. The number of hydrogen-bond donors (Lipinski definition) is 0. The van der Waals surface area contributed by atoms with E-state index in [-0.39, 0.29) is 0 Å². The molecule has 0 aliphatic rings. The summed E-state index contributed by atoms with van der Waals surface area (Å²) < 4.78 is 4.66. The summed E-state index contributed by atoms with van der Waals surface area (Å²) in [4.78, 5) is 10.7. The second-order valence-corrected chi connectivity index (χ2v) is 17.5. The Bertz CT molecular complexity index is 4050. The topological polar surface area (TPSA) is 35.6 Å². The summed E-state index contributed by atoms with van der Waals surface area (Å²) in [5.41, 5.74) is 19.2. The van der Waals surface area contributed by atoms with E-state index in [1.807, 2.05) is 0 Å². The second-order valence-electron chi connectivity index (χ2n) is 17.5. The zero-order valence-corrected chi connectivity index (χ0v) is 36.8. The zero-order chi connectivity index (χ0) is 44.4. The highest BCUT2D eigenvalue weighted by molar-refractivity contribution is 6.13. The lowest BCUT2D eigenvalue weighted by molar-refractivity contribution is 1.01. The van der Waals surface area contributed by atoms with Gasteiger partial charge >= 0.3 is 0 Å². The lowest BCUT2D eigenvalue weighted by Gasteiger charge is -2.13. The van der Waals surface area contributed by atoms with Gasteiger partial charge in [-0.1, -0.05) is 175 Å². The minimum atomic E-state index is 0.646. The van der Waals surface area contributed by atoms with E-state index in [2.05, 4.69) is 253 Å². The summed E-state index contributed by atoms with van der Waals surface area (Å²) in [5.74, 6) is 0.646. The highest BCUT2D eigenvalue weighted by atomic mass is 15.2. The van der Waals surface area contributed by atoms with Gasteiger partial charge in [0.15, 0.2) is 0 Å². The predicted octanol–water partition coefficient (Wildman–Crippen LogP) is 16.5. The third kappa shape index (κ3) is 6.61. The van der Waals surface area contributed by atoms with Gasteiger partial charge < -0.3 is 4.57 Å². The van der Waals surface area contributed by atoms with Crippen molar-refractivity contribution in [2.45, 2.75) is 6.92 Å². The van der Waals surface area contributed by atoms with E-state index < -0.39 is 0 Å². The summed E-state index contributed by atoms with van der Waals surface area (Å²) in [5, 5.41) is 5.76. The van der Waals surface area contributed by atoms with Gasteiger partial charge in [-0.15, -0.1) is 0 Å². The van der Waals surface area contributed by atoms with E-state index >= 15 is 0 Å². The third-order valence-electron chi connectivity index (χ3n) is 13.4. The van der Waals surface area contributed by atoms with Crippen LogP contribution in [-0.2, 0) is 0 Å². The summed E-state index contributed by atoms with van der Waals surface area (Å²) >= 11 is 0. The molecule has 10 aromatic carbocycles. The molecule has 0 N–H and O–H groups in total. The third-order valence-corrected chi connectivity index (χ3v) is 13.4. The van der Waals surface area contributed by atoms with Crippen molar-refractivity contribution < 1.29 is 0 Å². The Balaban J connectivity index is 0.979. The van der Waals surface area contributed by atoms with Gasteiger partial charge in [-0.3, -0.25) is 4.57 Å². The van der Waals surface area contributed by atoms with Crippen LogP contribution in [0.3, 0.4) is 0 Å². The van der Waals surface area contributed by atoms with Gasteiger partial charge in [0.25, 0.3) is 0 Å². The van der Waals surface area contributed by atoms with Gasteiger partial charge in [-0.05, 0) is 118 Å². The molecular formula is C63H42N4. The number of nitrogens with zero attached hydrogens (tertiary/aromatic N) is 4. The van der Waals surface area contributed by atoms with Crippen LogP contribution in [0.25, 0.3) is 122 Å². The van der Waals surface area contributed by atoms with E-state index in [0.717, 1.165) is 66.3 Å². The highest BCUT2D eigenvalue weighted by Crippen LogP contribution is 2.41. The Morgan fingerprint density at radius 1 is 0.284 bits per heavy atom. The molecule has 0 atom stereocenters. The van der Waals surface area contributed by atoms with Gasteiger partial charge in [0, 0.05) is 38.2 Å². The van der Waals surface area contributed by atoms with Crippen molar-refractivity contribution in [1.29, 1.82) is 0 Å². The molecule has 0 radical (unpaired) electrons. The molecule has 0 spiro atoms. The summed E-state index contributed by atoms with van der Waals surface area (Å²) in [6, 6.07) is 85.3. The van der Waals surface area contributed by atoms with Crippen molar-refractivity contribution in [3.8, 4) is 67.4 Å². The average molecular weight is 855 g/mol. The Hall–Kier alpha value is -8.86. The van der Waals surface area contributed by atoms with Gasteiger partial charge in [0.1, 0.15) is 0 Å². The molecule has 4 nitrogen and oxygen atoms in total. The fraction of sp³-hybridized carbons (Fsp3) is 0.0159. The molecule has 0 aliphatic carbocycles. The number of benzene rings is 10. The maximum atomic E-state index is 5.43. The van der Waals surface area contributed by atoms with Crippen LogP contribution >= 0.6 is 0 Å². The Morgan fingerprint density at radius 3 is 1.40 bits per heavy atom. The van der Waals surface area contributed by atoms with Gasteiger partial charge in [-0.25, -0.2) is 9.97 Å². The van der Waals surface area contributed by atoms with Crippen molar-refractivity contribution in [3.05, 3.63) is 242 Å². The fourth-order valence-corrected chi connectivity index (χ4v) is 10.2. The minimum Gasteiger partial charge on any atom is -0.309 e. The lowest BCUT2D eigenvalue weighted by Crippen LogP contribution is -2.03. The van der Waals surface area contributed by atoms with E-state index in [0.29, 0.717) is 5.95 Å². The van der Waals surface area contributed by atoms with Crippen molar-refractivity contribution in [2.75, 3.05) is 0 Å². The van der Waals surface area contributed by atoms with Gasteiger partial charge in [0.2, 0.25) is 5.95 Å². The minimum absolute atomic E-state index is 0.646. The summed E-state index contributed by atoms with van der Waals surface area (Å²) in [7, 11) is 0. The largest absolute Gasteiger partial charge is 0.309 e. The standard InChI is InChI=1S/C63H42N4/c1-41-15-12-20-44(35-41)47-29-32-59-55(39-47)56-40-49(30-33-60(56)66(59)51-24-14-22-46(37-51)43-18-6-3-7-19-43)48-31-34-61-54(38-48)52-25-9-11-28-58(52)67(61)63-64-57-27-10-8-26-53(57)62(65-63)50-23-13-21-45(36-50)42-16-4-2-5-17-42/h2-40H,1H3. The molecular weight excluding hydrogens is 813 g/mol. The van der Waals surface area contributed by atoms with Crippen molar-refractivity contribution in [1.82, 2.24) is 19.1 Å². The number of para-hydroxylation sites is 2. The lowest BCUT2D eigenvalue weighted by atomic mass is 9.99. The quantitative estimate of drug-likeness (QED) is 0.160. The van der Waals surface area contributed by atoms with Gasteiger partial charge in [-0.2, -0.15) is 0 Å². The Labute approximate surface area is 388 Å². The first-order valence-electron chi connectivity index (χ1n) is 22.9. The molecule has 0 saturated heterocycles. The predicted molar refractivity (Wildman–Crippen MR) is 280 cm³/mol. The number of aromatic nitrogens is 4. The SMILES string of the molecule is Cc1cccc(-c2ccc3c(c2)c2cc(-c4ccc5c(c4)c4ccccc4n5-c4nc(-c5cccc(-c6ccccc6)c5)c5ccccc5n4)ccc2n3-c2cccc(-c3ccccc3)c2)c1. The Kier molecular flexibility index (Phi) is 9.04. The van der Waals surface area contributed by atoms with Crippen LogP contribution in [0, 0.1) is 6.92 Å². The average Bonchev–Trinajstić information content (AvgIpc) is 3.91. The Morgan fingerprint density at radius 2 is 0.746 bits per heavy atom. The normalized spacial score (nSPS) is 11.7. The molecule has 0 bridgehead atoms. The summed E-state index contributed by atoms with van der Waals surface area (Å²) in [6.07, 6.45) is 0. The first kappa shape index (κ1) is 38.6. The molecule has 13 rings (SSSR count). The molecule has 0 fully saturated rings. The van der Waals surface area contributed by atoms with Crippen LogP contribution < -0.4 is 0 Å². The molecule has 4 heteroatoms. The van der Waals surface area contributed by atoms with Crippen molar-refractivity contribution >= 4 is 54.5 Å². The van der Waals surface area contributed by atoms with E-state index in [1.54, 1.807) is 0 Å². The van der Waals surface area contributed by atoms with Crippen molar-refractivity contribution in [3.63, 3.8) is 0 Å². The molecule has 0 unspecified atom stereocenters. The first-order chi connectivity index (χ1) is 33.1. The molecule has 0 saturated carbocycles. The smallest absolute Gasteiger partial charge is 0.235 e. The molecule has 3 aromatic heterocycles. The van der Waals surface area contributed by atoms with Crippen LogP contribution in [0.2, 0.25) is 0 Å². The second kappa shape index (κ2) is 15.7. The highest BCUT2D eigenvalue weighted by Gasteiger charge is 2.20. The number of aryl methyl sites for hydroxylation is 1. The monoisotopic (exact) mass is 854 g/mol. The molecule has 0 aliphatic heterocycles. The first-order valence-corrected chi connectivity index (χ1v) is 22.9. The molecule has 0 amide bonds. The van der Waals surface area contributed by atoms with E-state index in [4.69, 9.17) is 9.97 Å². The van der Waals surface area contributed by atoms with Crippen LogP contribution in [0.5, 0.6) is 0 Å². The number of fused-ring (bicyclic) bond motifs is 7. The molecule has 67 heavy (non-hydrogen) atoms. The molecule has 314 valence electrons. The summed E-state index contributed by atoms with van der Waals surface area (Å²) in [6.45, 7) is 2.16. The van der Waals surface area contributed by atoms with E-state index in [9.17, 15) is 0 Å². The van der Waals surface area contributed by atoms with Gasteiger partial charge in [0.05, 0.1) is 33.3 Å². The zero-order valence-electron chi connectivity index (χ0n) is 36.8. The van der Waals surface area contributed by atoms with E-state index in [1.165, 1.54) is 55.2 Å². The fourth-order valence-electron chi connectivity index (χ4n) is 10.2. The number of rotatable bonds is 7. The number of hydrogen-bond acceptors (Lipinski definition) is 2. The van der Waals surface area contributed by atoms with Crippen molar-refractivity contribution in [2.24, 2.45) is 0 Å². The maximum absolute atomic E-state index is 5.43. The molecule has 13 aromatic rings. The molecule has 3 heterocycles.